The number of aromatic nitrogens is 1. The van der Waals surface area contributed by atoms with Crippen molar-refractivity contribution in [3.8, 4) is 0 Å². The molecule has 174 valence electrons. The quantitative estimate of drug-likeness (QED) is 0.589. The van der Waals surface area contributed by atoms with E-state index >= 15 is 0 Å². The molecule has 0 amide bonds. The van der Waals surface area contributed by atoms with Crippen LogP contribution in [0.5, 0.6) is 0 Å². The number of likely N-dealkylation sites (N-methyl/N-ethyl adjacent to an activating group) is 1. The fourth-order valence-electron chi connectivity index (χ4n) is 3.87. The minimum Gasteiger partial charge on any atom is -0.480 e. The molecule has 11 heteroatoms. The Balaban J connectivity index is 1.84. The number of aliphatic imine (C=N–C) groups is 1. The van der Waals surface area contributed by atoms with Gasteiger partial charge in [0.15, 0.2) is 16.6 Å². The Morgan fingerprint density at radius 3 is 2.55 bits per heavy atom. The first kappa shape index (κ1) is 22.9. The molecule has 1 aliphatic heterocycles. The molecule has 1 fully saturated rings. The Hall–Kier alpha value is -3.31. The monoisotopic (exact) mass is 474 g/mol. The number of halogens is 1. The predicted molar refractivity (Wildman–Crippen MR) is 118 cm³/mol. The maximum atomic E-state index is 13.7. The molecule has 1 aromatic carbocycles. The van der Waals surface area contributed by atoms with Crippen LogP contribution in [0.2, 0.25) is 0 Å². The topological polar surface area (TPSA) is 113 Å². The van der Waals surface area contributed by atoms with Crippen LogP contribution in [0.25, 0.3) is 0 Å². The normalized spacial score (nSPS) is 21.3. The summed E-state index contributed by atoms with van der Waals surface area (Å²) in [5.74, 6) is -0.768. The van der Waals surface area contributed by atoms with E-state index < -0.39 is 29.0 Å². The van der Waals surface area contributed by atoms with Gasteiger partial charge in [0.25, 0.3) is 0 Å². The highest BCUT2D eigenvalue weighted by atomic mass is 32.1. The number of amidine groups is 1. The van der Waals surface area contributed by atoms with Crippen molar-refractivity contribution >= 4 is 29.3 Å². The molecule has 1 unspecified atom stereocenters. The number of thiazole rings is 1. The standard InChI is InChI=1S/C22H23FN4O5S/c1-21(13-4-6-14(23)7-5-13)16(32-20(30)31-3)15(12-27(2)22(8-9-22)19(28)29)25-17(26-21)18-24-10-11-33-18/h4-7,10-11H,8-9,12H2,1-3H3,(H,25,26)(H,28,29). The number of carbonyl (C=O) groups excluding carboxylic acids is 1. The van der Waals surface area contributed by atoms with Crippen LogP contribution < -0.4 is 5.32 Å². The summed E-state index contributed by atoms with van der Waals surface area (Å²) in [7, 11) is 2.89. The van der Waals surface area contributed by atoms with Crippen LogP contribution in [0.4, 0.5) is 9.18 Å². The van der Waals surface area contributed by atoms with Gasteiger partial charge in [0.1, 0.15) is 16.9 Å². The van der Waals surface area contributed by atoms with Gasteiger partial charge in [-0.2, -0.15) is 0 Å². The molecular formula is C22H23FN4O5S. The average molecular weight is 475 g/mol. The van der Waals surface area contributed by atoms with Gasteiger partial charge in [0.2, 0.25) is 0 Å². The van der Waals surface area contributed by atoms with Gasteiger partial charge in [-0.1, -0.05) is 12.1 Å². The molecule has 0 bridgehead atoms. The van der Waals surface area contributed by atoms with Crippen molar-refractivity contribution in [1.82, 2.24) is 15.2 Å². The first-order valence-corrected chi connectivity index (χ1v) is 11.0. The third-order valence-electron chi connectivity index (χ3n) is 5.96. The summed E-state index contributed by atoms with van der Waals surface area (Å²) in [6.45, 7) is 1.86. The zero-order chi connectivity index (χ0) is 23.8. The smallest absolute Gasteiger partial charge is 0.480 e. The summed E-state index contributed by atoms with van der Waals surface area (Å²) in [4.78, 5) is 34.9. The second kappa shape index (κ2) is 8.56. The summed E-state index contributed by atoms with van der Waals surface area (Å²) >= 11 is 1.36. The van der Waals surface area contributed by atoms with Gasteiger partial charge in [-0.05, 0) is 44.5 Å². The van der Waals surface area contributed by atoms with Crippen LogP contribution >= 0.6 is 11.3 Å². The van der Waals surface area contributed by atoms with Gasteiger partial charge in [-0.25, -0.2) is 19.2 Å². The third kappa shape index (κ3) is 4.21. The minimum absolute atomic E-state index is 0.125. The molecule has 1 aromatic heterocycles. The third-order valence-corrected chi connectivity index (χ3v) is 6.74. The highest BCUT2D eigenvalue weighted by Crippen LogP contribution is 2.43. The Morgan fingerprint density at radius 2 is 2.00 bits per heavy atom. The first-order valence-electron chi connectivity index (χ1n) is 10.2. The predicted octanol–water partition coefficient (Wildman–Crippen LogP) is 3.09. The maximum Gasteiger partial charge on any atom is 0.513 e. The molecule has 0 radical (unpaired) electrons. The van der Waals surface area contributed by atoms with E-state index in [2.05, 4.69) is 10.3 Å². The average Bonchev–Trinajstić information content (AvgIpc) is 3.43. The first-order chi connectivity index (χ1) is 15.7. The van der Waals surface area contributed by atoms with Crippen molar-refractivity contribution in [2.75, 3.05) is 20.7 Å². The highest BCUT2D eigenvalue weighted by molar-refractivity contribution is 7.11. The molecule has 1 aliphatic carbocycles. The molecule has 1 saturated carbocycles. The lowest BCUT2D eigenvalue weighted by Gasteiger charge is -2.36. The van der Waals surface area contributed by atoms with Gasteiger partial charge in [-0.15, -0.1) is 11.3 Å². The number of carbonyl (C=O) groups is 2. The van der Waals surface area contributed by atoms with Crippen LogP contribution in [0, 0.1) is 5.82 Å². The number of carboxylic acid groups (broad SMARTS) is 1. The van der Waals surface area contributed by atoms with Crippen molar-refractivity contribution in [2.24, 2.45) is 4.99 Å². The summed E-state index contributed by atoms with van der Waals surface area (Å²) in [5.41, 5.74) is -1.22. The largest absolute Gasteiger partial charge is 0.513 e. The lowest BCUT2D eigenvalue weighted by molar-refractivity contribution is -0.144. The van der Waals surface area contributed by atoms with E-state index in [4.69, 9.17) is 14.5 Å². The van der Waals surface area contributed by atoms with E-state index in [0.29, 0.717) is 34.9 Å². The van der Waals surface area contributed by atoms with Crippen molar-refractivity contribution in [3.63, 3.8) is 0 Å². The summed E-state index contributed by atoms with van der Waals surface area (Å²) in [6, 6.07) is 5.72. The molecule has 9 nitrogen and oxygen atoms in total. The second-order valence-electron chi connectivity index (χ2n) is 8.06. The van der Waals surface area contributed by atoms with Gasteiger partial charge in [0, 0.05) is 18.1 Å². The van der Waals surface area contributed by atoms with E-state index in [9.17, 15) is 19.1 Å². The van der Waals surface area contributed by atoms with E-state index in [1.54, 1.807) is 42.6 Å². The number of rotatable bonds is 7. The highest BCUT2D eigenvalue weighted by Gasteiger charge is 2.54. The SMILES string of the molecule is COC(=O)OC1=C(CN(C)C2(C(=O)O)CC2)NC(c2nccs2)=NC1(C)c1ccc(F)cc1. The van der Waals surface area contributed by atoms with E-state index in [1.807, 2.05) is 0 Å². The number of ether oxygens (including phenoxy) is 2. The lowest BCUT2D eigenvalue weighted by atomic mass is 9.88. The number of benzene rings is 1. The fourth-order valence-corrected chi connectivity index (χ4v) is 4.45. The molecule has 2 heterocycles. The lowest BCUT2D eigenvalue weighted by Crippen LogP contribution is -2.47. The molecule has 4 rings (SSSR count). The van der Waals surface area contributed by atoms with Crippen LogP contribution in [0.1, 0.15) is 30.3 Å². The van der Waals surface area contributed by atoms with Crippen molar-refractivity contribution in [3.05, 3.63) is 63.7 Å². The number of nitrogens with zero attached hydrogens (tertiary/aromatic N) is 3. The van der Waals surface area contributed by atoms with Gasteiger partial charge in [0.05, 0.1) is 12.8 Å². The maximum absolute atomic E-state index is 13.7. The molecule has 1 atom stereocenters. The van der Waals surface area contributed by atoms with Crippen LogP contribution in [0.15, 0.2) is 52.3 Å². The molecule has 33 heavy (non-hydrogen) atoms. The Labute approximate surface area is 193 Å². The van der Waals surface area contributed by atoms with Gasteiger partial charge >= 0.3 is 12.1 Å². The number of hydrogen-bond acceptors (Lipinski definition) is 9. The summed E-state index contributed by atoms with van der Waals surface area (Å²) < 4.78 is 24.0. The number of nitrogens with one attached hydrogen (secondary N) is 1. The number of hydrogen-bond donors (Lipinski definition) is 2. The molecule has 2 aromatic rings. The van der Waals surface area contributed by atoms with E-state index in [-0.39, 0.29) is 12.3 Å². The van der Waals surface area contributed by atoms with Gasteiger partial charge in [-0.3, -0.25) is 9.69 Å². The van der Waals surface area contributed by atoms with Crippen molar-refractivity contribution < 1.29 is 28.6 Å². The summed E-state index contributed by atoms with van der Waals surface area (Å²) in [5, 5.41) is 15.3. The zero-order valence-electron chi connectivity index (χ0n) is 18.3. The number of methoxy groups -OCH3 is 1. The van der Waals surface area contributed by atoms with Gasteiger partial charge < -0.3 is 19.9 Å². The van der Waals surface area contributed by atoms with Crippen molar-refractivity contribution in [2.45, 2.75) is 30.8 Å². The number of aliphatic carboxylic acids is 1. The molecule has 2 N–H and O–H groups in total. The Morgan fingerprint density at radius 1 is 1.30 bits per heavy atom. The van der Waals surface area contributed by atoms with Crippen LogP contribution in [0.3, 0.4) is 0 Å². The fraction of sp³-hybridized carbons (Fsp3) is 0.364. The second-order valence-corrected chi connectivity index (χ2v) is 8.95. The molecular weight excluding hydrogens is 451 g/mol. The molecule has 0 saturated heterocycles. The molecule has 0 spiro atoms. The minimum atomic E-state index is -1.25. The Bertz CT molecular complexity index is 1130. The summed E-state index contributed by atoms with van der Waals surface area (Å²) in [6.07, 6.45) is 1.72. The van der Waals surface area contributed by atoms with Crippen molar-refractivity contribution in [1.29, 1.82) is 0 Å². The van der Waals surface area contributed by atoms with Crippen LogP contribution in [-0.2, 0) is 19.8 Å². The van der Waals surface area contributed by atoms with E-state index in [1.165, 1.54) is 30.6 Å². The van der Waals surface area contributed by atoms with Crippen LogP contribution in [-0.4, -0.2) is 59.2 Å². The zero-order valence-corrected chi connectivity index (χ0v) is 19.1. The molecule has 2 aliphatic rings. The number of carboxylic acids is 1. The van der Waals surface area contributed by atoms with E-state index in [0.717, 1.165) is 0 Å². The Kier molecular flexibility index (Phi) is 5.93.